The van der Waals surface area contributed by atoms with E-state index >= 15 is 0 Å². The number of hydrogen-bond acceptors (Lipinski definition) is 4. The quantitative estimate of drug-likeness (QED) is 0.624. The number of aryl methyl sites for hydroxylation is 2. The largest absolute Gasteiger partial charge is 0.271 e. The smallest absolute Gasteiger partial charge is 0.264 e. The summed E-state index contributed by atoms with van der Waals surface area (Å²) in [6.45, 7) is 6.80. The Morgan fingerprint density at radius 3 is 2.23 bits per heavy atom. The Kier molecular flexibility index (Phi) is 6.15. The summed E-state index contributed by atoms with van der Waals surface area (Å²) < 4.78 is 27.5. The zero-order valence-electron chi connectivity index (χ0n) is 15.4. The van der Waals surface area contributed by atoms with Gasteiger partial charge in [0.05, 0.1) is 10.6 Å². The summed E-state index contributed by atoms with van der Waals surface area (Å²) in [4.78, 5) is 12.4. The summed E-state index contributed by atoms with van der Waals surface area (Å²) in [5.41, 5.74) is 5.22. The van der Waals surface area contributed by atoms with Crippen LogP contribution >= 0.6 is 0 Å². The minimum absolute atomic E-state index is 0.134. The van der Waals surface area contributed by atoms with Gasteiger partial charge in [-0.1, -0.05) is 35.9 Å². The number of amides is 1. The van der Waals surface area contributed by atoms with Crippen LogP contribution in [0.25, 0.3) is 0 Å². The molecule has 0 aromatic heterocycles. The van der Waals surface area contributed by atoms with Crippen molar-refractivity contribution in [1.82, 2.24) is 5.43 Å². The molecule has 0 saturated carbocycles. The lowest BCUT2D eigenvalue weighted by Gasteiger charge is -2.25. The Hall–Kier alpha value is -2.67. The van der Waals surface area contributed by atoms with Crippen molar-refractivity contribution in [3.05, 3.63) is 59.7 Å². The molecule has 0 unspecified atom stereocenters. The number of carbonyl (C=O) groups is 1. The van der Waals surface area contributed by atoms with Gasteiger partial charge in [0.1, 0.15) is 6.54 Å². The monoisotopic (exact) mass is 373 g/mol. The zero-order valence-corrected chi connectivity index (χ0v) is 16.2. The average molecular weight is 373 g/mol. The van der Waals surface area contributed by atoms with Gasteiger partial charge in [0.25, 0.3) is 15.9 Å². The second-order valence-electron chi connectivity index (χ2n) is 6.21. The van der Waals surface area contributed by atoms with Crippen LogP contribution in [0.2, 0.25) is 0 Å². The Morgan fingerprint density at radius 1 is 1.04 bits per heavy atom. The number of carbonyl (C=O) groups excluding carboxylic acids is 1. The molecular formula is C19H23N3O3S. The molecule has 0 bridgehead atoms. The Morgan fingerprint density at radius 2 is 1.65 bits per heavy atom. The fourth-order valence-corrected chi connectivity index (χ4v) is 3.81. The molecule has 1 N–H and O–H groups in total. The Bertz CT molecular complexity index is 915. The summed E-state index contributed by atoms with van der Waals surface area (Å²) in [5, 5.41) is 3.86. The molecule has 0 aliphatic heterocycles. The number of sulfonamides is 1. The Labute approximate surface area is 154 Å². The van der Waals surface area contributed by atoms with Crippen LogP contribution in [-0.2, 0) is 14.8 Å². The van der Waals surface area contributed by atoms with Crippen molar-refractivity contribution in [1.29, 1.82) is 0 Å². The lowest BCUT2D eigenvalue weighted by molar-refractivity contribution is -0.119. The molecule has 0 saturated heterocycles. The summed E-state index contributed by atoms with van der Waals surface area (Å²) in [5.74, 6) is -0.509. The van der Waals surface area contributed by atoms with Gasteiger partial charge in [-0.15, -0.1) is 0 Å². The third-order valence-corrected chi connectivity index (χ3v) is 5.46. The summed E-state index contributed by atoms with van der Waals surface area (Å²) in [6, 6.07) is 13.6. The van der Waals surface area contributed by atoms with Gasteiger partial charge >= 0.3 is 0 Å². The normalized spacial score (nSPS) is 10.9. The lowest BCUT2D eigenvalue weighted by Crippen LogP contribution is -2.40. The van der Waals surface area contributed by atoms with Crippen molar-refractivity contribution in [2.45, 2.75) is 32.6 Å². The molecule has 0 atom stereocenters. The third-order valence-electron chi connectivity index (χ3n) is 3.68. The predicted octanol–water partition coefficient (Wildman–Crippen LogP) is 3.01. The van der Waals surface area contributed by atoms with Crippen LogP contribution in [0, 0.1) is 13.8 Å². The number of hydrogen-bond donors (Lipinski definition) is 1. The fraction of sp³-hybridized carbons (Fsp3) is 0.263. The maximum absolute atomic E-state index is 13.2. The van der Waals surface area contributed by atoms with Crippen LogP contribution in [0.5, 0.6) is 0 Å². The molecule has 0 heterocycles. The first-order chi connectivity index (χ1) is 12.2. The van der Waals surface area contributed by atoms with Crippen LogP contribution in [0.4, 0.5) is 5.69 Å². The molecule has 0 aliphatic rings. The van der Waals surface area contributed by atoms with Crippen LogP contribution in [0.15, 0.2) is 58.5 Å². The van der Waals surface area contributed by atoms with Gasteiger partial charge in [0, 0.05) is 5.71 Å². The SMILES string of the molecule is CC(C)=NNC(=O)CN(c1ccccc1C)S(=O)(=O)c1ccc(C)cc1. The van der Waals surface area contributed by atoms with Gasteiger partial charge in [-0.3, -0.25) is 9.10 Å². The van der Waals surface area contributed by atoms with E-state index in [1.165, 1.54) is 0 Å². The van der Waals surface area contributed by atoms with E-state index in [0.717, 1.165) is 15.4 Å². The van der Waals surface area contributed by atoms with Crippen LogP contribution in [0.1, 0.15) is 25.0 Å². The number of benzene rings is 2. The van der Waals surface area contributed by atoms with Gasteiger partial charge in [0.2, 0.25) is 0 Å². The summed E-state index contributed by atoms with van der Waals surface area (Å²) in [6.07, 6.45) is 0. The molecule has 138 valence electrons. The Balaban J connectivity index is 2.46. The lowest BCUT2D eigenvalue weighted by atomic mass is 10.2. The topological polar surface area (TPSA) is 78.8 Å². The van der Waals surface area contributed by atoms with Crippen molar-refractivity contribution < 1.29 is 13.2 Å². The highest BCUT2D eigenvalue weighted by atomic mass is 32.2. The second kappa shape index (κ2) is 8.14. The van der Waals surface area contributed by atoms with Crippen molar-refractivity contribution in [3.63, 3.8) is 0 Å². The van der Waals surface area contributed by atoms with Gasteiger partial charge in [0.15, 0.2) is 0 Å². The van der Waals surface area contributed by atoms with Crippen LogP contribution in [-0.4, -0.2) is 26.6 Å². The molecule has 6 nitrogen and oxygen atoms in total. The summed E-state index contributed by atoms with van der Waals surface area (Å²) in [7, 11) is -3.90. The average Bonchev–Trinajstić information content (AvgIpc) is 2.59. The molecule has 0 fully saturated rings. The van der Waals surface area contributed by atoms with E-state index < -0.39 is 15.9 Å². The van der Waals surface area contributed by atoms with Gasteiger partial charge in [-0.25, -0.2) is 13.8 Å². The van der Waals surface area contributed by atoms with E-state index in [4.69, 9.17) is 0 Å². The minimum atomic E-state index is -3.90. The van der Waals surface area contributed by atoms with E-state index in [9.17, 15) is 13.2 Å². The molecule has 0 radical (unpaired) electrons. The standard InChI is InChI=1S/C19H23N3O3S/c1-14(2)20-21-19(23)13-22(18-8-6-5-7-16(18)4)26(24,25)17-11-9-15(3)10-12-17/h5-12H,13H2,1-4H3,(H,21,23). The first kappa shape index (κ1) is 19.7. The highest BCUT2D eigenvalue weighted by Crippen LogP contribution is 2.26. The van der Waals surface area contributed by atoms with Crippen molar-refractivity contribution in [2.75, 3.05) is 10.8 Å². The fourth-order valence-electron chi connectivity index (χ4n) is 2.32. The van der Waals surface area contributed by atoms with Crippen molar-refractivity contribution in [2.24, 2.45) is 5.10 Å². The van der Waals surface area contributed by atoms with Gasteiger partial charge < -0.3 is 0 Å². The number of hydrazone groups is 1. The van der Waals surface area contributed by atoms with E-state index in [1.807, 2.05) is 13.0 Å². The number of rotatable bonds is 6. The van der Waals surface area contributed by atoms with E-state index in [1.54, 1.807) is 63.2 Å². The van der Waals surface area contributed by atoms with Crippen molar-refractivity contribution >= 4 is 27.3 Å². The number of nitrogens with one attached hydrogen (secondary N) is 1. The van der Waals surface area contributed by atoms with Crippen LogP contribution < -0.4 is 9.73 Å². The molecular weight excluding hydrogens is 350 g/mol. The molecule has 0 spiro atoms. The van der Waals surface area contributed by atoms with E-state index in [-0.39, 0.29) is 11.4 Å². The van der Waals surface area contributed by atoms with E-state index in [2.05, 4.69) is 10.5 Å². The molecule has 2 rings (SSSR count). The molecule has 2 aromatic carbocycles. The molecule has 7 heteroatoms. The molecule has 26 heavy (non-hydrogen) atoms. The number of para-hydroxylation sites is 1. The first-order valence-corrected chi connectivity index (χ1v) is 9.60. The predicted molar refractivity (Wildman–Crippen MR) is 104 cm³/mol. The van der Waals surface area contributed by atoms with Crippen molar-refractivity contribution in [3.8, 4) is 0 Å². The maximum Gasteiger partial charge on any atom is 0.264 e. The highest BCUT2D eigenvalue weighted by molar-refractivity contribution is 7.92. The molecule has 2 aromatic rings. The molecule has 0 aliphatic carbocycles. The number of nitrogens with zero attached hydrogens (tertiary/aromatic N) is 2. The zero-order chi connectivity index (χ0) is 19.3. The van der Waals surface area contributed by atoms with Crippen LogP contribution in [0.3, 0.4) is 0 Å². The molecule has 1 amide bonds. The highest BCUT2D eigenvalue weighted by Gasteiger charge is 2.28. The maximum atomic E-state index is 13.2. The second-order valence-corrected chi connectivity index (χ2v) is 8.07. The van der Waals surface area contributed by atoms with Gasteiger partial charge in [-0.05, 0) is 51.5 Å². The van der Waals surface area contributed by atoms with E-state index in [0.29, 0.717) is 11.4 Å². The van der Waals surface area contributed by atoms with Gasteiger partial charge in [-0.2, -0.15) is 5.10 Å². The third kappa shape index (κ3) is 4.70. The number of anilines is 1. The summed E-state index contributed by atoms with van der Waals surface area (Å²) >= 11 is 0. The first-order valence-electron chi connectivity index (χ1n) is 8.16. The minimum Gasteiger partial charge on any atom is -0.271 e.